The van der Waals surface area contributed by atoms with Crippen molar-refractivity contribution in [2.45, 2.75) is 51.1 Å². The van der Waals surface area contributed by atoms with E-state index in [-0.39, 0.29) is 0 Å². The first-order valence-corrected chi connectivity index (χ1v) is 8.69. The number of benzene rings is 1. The van der Waals surface area contributed by atoms with Gasteiger partial charge in [0, 0.05) is 16.6 Å². The van der Waals surface area contributed by atoms with Crippen LogP contribution >= 0.6 is 15.9 Å². The van der Waals surface area contributed by atoms with Gasteiger partial charge in [-0.1, -0.05) is 41.4 Å². The van der Waals surface area contributed by atoms with Crippen LogP contribution < -0.4 is 5.32 Å². The van der Waals surface area contributed by atoms with Gasteiger partial charge < -0.3 is 10.2 Å². The van der Waals surface area contributed by atoms with Crippen molar-refractivity contribution < 1.29 is 0 Å². The van der Waals surface area contributed by atoms with E-state index in [0.29, 0.717) is 6.04 Å². The molecule has 0 saturated heterocycles. The van der Waals surface area contributed by atoms with Gasteiger partial charge in [-0.2, -0.15) is 0 Å². The van der Waals surface area contributed by atoms with Crippen molar-refractivity contribution in [2.75, 3.05) is 20.1 Å². The Kier molecular flexibility index (Phi) is 6.53. The Labute approximate surface area is 132 Å². The van der Waals surface area contributed by atoms with Crippen molar-refractivity contribution in [3.8, 4) is 0 Å². The maximum atomic E-state index is 3.69. The zero-order chi connectivity index (χ0) is 14.4. The average Bonchev–Trinajstić information content (AvgIpc) is 2.38. The van der Waals surface area contributed by atoms with Gasteiger partial charge in [0.25, 0.3) is 0 Å². The Morgan fingerprint density at radius 2 is 2.00 bits per heavy atom. The quantitative estimate of drug-likeness (QED) is 0.757. The van der Waals surface area contributed by atoms with Gasteiger partial charge in [0.15, 0.2) is 0 Å². The molecule has 0 amide bonds. The van der Waals surface area contributed by atoms with Crippen molar-refractivity contribution in [1.29, 1.82) is 0 Å². The maximum Gasteiger partial charge on any atom is 0.0332 e. The van der Waals surface area contributed by atoms with Crippen LogP contribution in [0.15, 0.2) is 28.7 Å². The topological polar surface area (TPSA) is 15.3 Å². The second-order valence-corrected chi connectivity index (χ2v) is 6.83. The first-order valence-electron chi connectivity index (χ1n) is 7.89. The molecule has 3 heteroatoms. The van der Waals surface area contributed by atoms with Crippen molar-refractivity contribution in [3.63, 3.8) is 0 Å². The van der Waals surface area contributed by atoms with E-state index in [1.165, 1.54) is 44.2 Å². The van der Waals surface area contributed by atoms with E-state index in [9.17, 15) is 0 Å². The number of halogens is 1. The zero-order valence-electron chi connectivity index (χ0n) is 12.7. The fraction of sp³-hybridized carbons (Fsp3) is 0.647. The first-order chi connectivity index (χ1) is 9.70. The van der Waals surface area contributed by atoms with Crippen molar-refractivity contribution in [1.82, 2.24) is 10.2 Å². The van der Waals surface area contributed by atoms with Gasteiger partial charge in [0.2, 0.25) is 0 Å². The van der Waals surface area contributed by atoms with E-state index in [2.05, 4.69) is 64.4 Å². The van der Waals surface area contributed by atoms with Crippen LogP contribution in [0.1, 0.15) is 50.6 Å². The molecule has 112 valence electrons. The number of hydrogen-bond donors (Lipinski definition) is 1. The summed E-state index contributed by atoms with van der Waals surface area (Å²) >= 11 is 3.52. The summed E-state index contributed by atoms with van der Waals surface area (Å²) in [6.07, 6.45) is 6.57. The fourth-order valence-corrected chi connectivity index (χ4v) is 3.01. The van der Waals surface area contributed by atoms with Crippen LogP contribution in [0.2, 0.25) is 0 Å². The van der Waals surface area contributed by atoms with Crippen molar-refractivity contribution in [3.05, 3.63) is 34.3 Å². The highest BCUT2D eigenvalue weighted by atomic mass is 79.9. The number of nitrogens with one attached hydrogen (secondary N) is 1. The minimum atomic E-state index is 0.477. The van der Waals surface area contributed by atoms with Crippen LogP contribution in [0.4, 0.5) is 0 Å². The summed E-state index contributed by atoms with van der Waals surface area (Å²) in [6.45, 7) is 4.50. The van der Waals surface area contributed by atoms with Gasteiger partial charge in [0.1, 0.15) is 0 Å². The van der Waals surface area contributed by atoms with Crippen molar-refractivity contribution >= 4 is 15.9 Å². The van der Waals surface area contributed by atoms with Crippen LogP contribution in [0.3, 0.4) is 0 Å². The second kappa shape index (κ2) is 8.16. The molecule has 2 nitrogen and oxygen atoms in total. The lowest BCUT2D eigenvalue weighted by Gasteiger charge is -2.35. The van der Waals surface area contributed by atoms with E-state index in [4.69, 9.17) is 0 Å². The third kappa shape index (κ3) is 4.57. The van der Waals surface area contributed by atoms with Crippen molar-refractivity contribution in [2.24, 2.45) is 0 Å². The number of nitrogens with zero attached hydrogens (tertiary/aromatic N) is 1. The Balaban J connectivity index is 1.90. The molecule has 1 atom stereocenters. The molecule has 1 saturated carbocycles. The van der Waals surface area contributed by atoms with E-state index >= 15 is 0 Å². The highest BCUT2D eigenvalue weighted by molar-refractivity contribution is 9.10. The summed E-state index contributed by atoms with van der Waals surface area (Å²) in [4.78, 5) is 2.54. The zero-order valence-corrected chi connectivity index (χ0v) is 14.3. The van der Waals surface area contributed by atoms with E-state index in [1.807, 2.05) is 0 Å². The molecule has 20 heavy (non-hydrogen) atoms. The lowest BCUT2D eigenvalue weighted by atomic mass is 9.91. The molecule has 0 bridgehead atoms. The third-order valence-corrected chi connectivity index (χ3v) is 4.91. The van der Waals surface area contributed by atoms with Crippen LogP contribution in [-0.4, -0.2) is 31.1 Å². The number of rotatable bonds is 8. The van der Waals surface area contributed by atoms with Crippen LogP contribution in [0.5, 0.6) is 0 Å². The lowest BCUT2D eigenvalue weighted by Crippen LogP contribution is -2.39. The highest BCUT2D eigenvalue weighted by Gasteiger charge is 2.22. The summed E-state index contributed by atoms with van der Waals surface area (Å²) in [6, 6.07) is 10.1. The maximum absolute atomic E-state index is 3.69. The van der Waals surface area contributed by atoms with Gasteiger partial charge in [-0.05, 0) is 63.5 Å². The monoisotopic (exact) mass is 338 g/mol. The average molecular weight is 339 g/mol. The molecule has 0 aliphatic heterocycles. The minimum Gasteiger partial charge on any atom is -0.310 e. The fourth-order valence-electron chi connectivity index (χ4n) is 2.74. The molecule has 1 aliphatic carbocycles. The molecule has 0 spiro atoms. The summed E-state index contributed by atoms with van der Waals surface area (Å²) in [5.41, 5.74) is 1.41. The second-order valence-electron chi connectivity index (χ2n) is 5.91. The van der Waals surface area contributed by atoms with Gasteiger partial charge in [0.05, 0.1) is 0 Å². The molecule has 0 aromatic heterocycles. The molecule has 1 fully saturated rings. The number of hydrogen-bond acceptors (Lipinski definition) is 2. The van der Waals surface area contributed by atoms with Gasteiger partial charge in [-0.3, -0.25) is 0 Å². The van der Waals surface area contributed by atoms with Crippen LogP contribution in [0, 0.1) is 0 Å². The van der Waals surface area contributed by atoms with Crippen LogP contribution in [-0.2, 0) is 0 Å². The Morgan fingerprint density at radius 3 is 2.55 bits per heavy atom. The predicted molar refractivity (Wildman–Crippen MR) is 90.1 cm³/mol. The molecule has 1 unspecified atom stereocenters. The SMILES string of the molecule is CCCNC(CCN(C)C1CCC1)c1ccc(Br)cc1. The molecule has 1 N–H and O–H groups in total. The summed E-state index contributed by atoms with van der Waals surface area (Å²) in [5.74, 6) is 0. The Bertz CT molecular complexity index is 386. The van der Waals surface area contributed by atoms with Gasteiger partial charge in [-0.15, -0.1) is 0 Å². The van der Waals surface area contributed by atoms with Crippen LogP contribution in [0.25, 0.3) is 0 Å². The van der Waals surface area contributed by atoms with Gasteiger partial charge in [-0.25, -0.2) is 0 Å². The molecule has 1 aliphatic rings. The molecular formula is C17H27BrN2. The van der Waals surface area contributed by atoms with E-state index in [0.717, 1.165) is 17.1 Å². The minimum absolute atomic E-state index is 0.477. The molecule has 1 aromatic carbocycles. The van der Waals surface area contributed by atoms with Gasteiger partial charge >= 0.3 is 0 Å². The normalized spacial score (nSPS) is 17.2. The first kappa shape index (κ1) is 16.0. The summed E-state index contributed by atoms with van der Waals surface area (Å²) < 4.78 is 1.15. The highest BCUT2D eigenvalue weighted by Crippen LogP contribution is 2.25. The standard InChI is InChI=1S/C17H27BrN2/c1-3-12-19-17(14-7-9-15(18)10-8-14)11-13-20(2)16-5-4-6-16/h7-10,16-17,19H,3-6,11-13H2,1-2H3. The largest absolute Gasteiger partial charge is 0.310 e. The lowest BCUT2D eigenvalue weighted by molar-refractivity contribution is 0.153. The summed E-state index contributed by atoms with van der Waals surface area (Å²) in [7, 11) is 2.28. The molecule has 2 rings (SSSR count). The molecule has 0 heterocycles. The Hall–Kier alpha value is -0.380. The summed E-state index contributed by atoms with van der Waals surface area (Å²) in [5, 5.41) is 3.69. The molecule has 1 aromatic rings. The third-order valence-electron chi connectivity index (χ3n) is 4.38. The Morgan fingerprint density at radius 1 is 1.30 bits per heavy atom. The van der Waals surface area contributed by atoms with E-state index < -0.39 is 0 Å². The molecular weight excluding hydrogens is 312 g/mol. The smallest absolute Gasteiger partial charge is 0.0332 e. The van der Waals surface area contributed by atoms with E-state index in [1.54, 1.807) is 0 Å². The predicted octanol–water partition coefficient (Wildman–Crippen LogP) is 4.36. The molecule has 0 radical (unpaired) electrons.